The van der Waals surface area contributed by atoms with Crippen molar-refractivity contribution in [1.82, 2.24) is 4.31 Å². The highest BCUT2D eigenvalue weighted by Gasteiger charge is 2.32. The van der Waals surface area contributed by atoms with E-state index in [1.54, 1.807) is 0 Å². The average molecular weight is 454 g/mol. The van der Waals surface area contributed by atoms with Crippen LogP contribution in [0.3, 0.4) is 0 Å². The molecular weight excluding hydrogens is 430 g/mol. The number of hydrogen-bond acceptors (Lipinski definition) is 6. The minimum Gasteiger partial charge on any atom is -0.373 e. The molecule has 1 aliphatic rings. The van der Waals surface area contributed by atoms with E-state index in [1.165, 1.54) is 52.8 Å². The number of carbonyl (C=O) groups excluding carboxylic acids is 1. The molecule has 3 rings (SSSR count). The van der Waals surface area contributed by atoms with E-state index in [1.807, 2.05) is 13.8 Å². The second-order valence-corrected chi connectivity index (χ2v) is 10.6. The molecule has 1 saturated heterocycles. The van der Waals surface area contributed by atoms with E-state index in [0.717, 1.165) is 0 Å². The van der Waals surface area contributed by atoms with Crippen molar-refractivity contribution in [2.45, 2.75) is 35.8 Å². The summed E-state index contributed by atoms with van der Waals surface area (Å²) in [5.41, 5.74) is 0.633. The third-order valence-corrected chi connectivity index (χ3v) is 7.36. The van der Waals surface area contributed by atoms with Gasteiger partial charge in [-0.25, -0.2) is 22.0 Å². The minimum atomic E-state index is -3.82. The fraction of sp³-hybridized carbons (Fsp3) is 0.316. The fourth-order valence-electron chi connectivity index (χ4n) is 3.19. The highest BCUT2D eigenvalue weighted by atomic mass is 32.2. The zero-order chi connectivity index (χ0) is 22.1. The Labute approximate surface area is 175 Å². The number of benzene rings is 2. The van der Waals surface area contributed by atoms with Gasteiger partial charge in [-0.15, -0.1) is 0 Å². The van der Waals surface area contributed by atoms with Crippen LogP contribution in [0.1, 0.15) is 24.2 Å². The zero-order valence-corrected chi connectivity index (χ0v) is 18.1. The Hall–Kier alpha value is -2.31. The summed E-state index contributed by atoms with van der Waals surface area (Å²) in [6.45, 7) is 4.18. The molecule has 0 bridgehead atoms. The second-order valence-electron chi connectivity index (χ2n) is 7.13. The van der Waals surface area contributed by atoms with Crippen molar-refractivity contribution < 1.29 is 26.4 Å². The lowest BCUT2D eigenvalue weighted by Crippen LogP contribution is -2.48. The van der Waals surface area contributed by atoms with Crippen LogP contribution in [0.2, 0.25) is 0 Å². The SMILES string of the molecule is CC1CN(S(=O)(=O)c2ccc(C(=O)Nc3ccc(S(N)(=O)=O)cc3)cc2)CC(C)O1. The van der Waals surface area contributed by atoms with E-state index in [9.17, 15) is 21.6 Å². The Morgan fingerprint density at radius 3 is 1.93 bits per heavy atom. The van der Waals surface area contributed by atoms with Crippen molar-refractivity contribution >= 4 is 31.6 Å². The first-order valence-corrected chi connectivity index (χ1v) is 12.2. The first-order valence-electron chi connectivity index (χ1n) is 9.17. The summed E-state index contributed by atoms with van der Waals surface area (Å²) in [7, 11) is -7.51. The topological polar surface area (TPSA) is 136 Å². The number of amides is 1. The fourth-order valence-corrected chi connectivity index (χ4v) is 5.29. The van der Waals surface area contributed by atoms with Gasteiger partial charge in [-0.2, -0.15) is 4.31 Å². The quantitative estimate of drug-likeness (QED) is 0.702. The maximum absolute atomic E-state index is 12.9. The van der Waals surface area contributed by atoms with Crippen LogP contribution in [0.5, 0.6) is 0 Å². The Balaban J connectivity index is 1.72. The van der Waals surface area contributed by atoms with Crippen LogP contribution in [0, 0.1) is 0 Å². The van der Waals surface area contributed by atoms with Gasteiger partial charge < -0.3 is 10.1 Å². The van der Waals surface area contributed by atoms with Gasteiger partial charge in [-0.1, -0.05) is 0 Å². The average Bonchev–Trinajstić information content (AvgIpc) is 2.67. The Kier molecular flexibility index (Phi) is 6.29. The third kappa shape index (κ3) is 5.05. The number of primary sulfonamides is 1. The lowest BCUT2D eigenvalue weighted by molar-refractivity contribution is -0.0440. The monoisotopic (exact) mass is 453 g/mol. The molecule has 0 radical (unpaired) electrons. The lowest BCUT2D eigenvalue weighted by atomic mass is 10.2. The molecule has 162 valence electrons. The standard InChI is InChI=1S/C19H23N3O6S2/c1-13-11-22(12-14(2)28-13)30(26,27)18-7-3-15(4-8-18)19(23)21-16-5-9-17(10-6-16)29(20,24)25/h3-10,13-14H,11-12H2,1-2H3,(H,21,23)(H2,20,24,25). The molecule has 1 heterocycles. The first kappa shape index (κ1) is 22.4. The van der Waals surface area contributed by atoms with E-state index in [0.29, 0.717) is 5.69 Å². The molecule has 2 aromatic carbocycles. The predicted octanol–water partition coefficient (Wildman–Crippen LogP) is 1.38. The lowest BCUT2D eigenvalue weighted by Gasteiger charge is -2.34. The number of rotatable bonds is 5. The number of hydrogen-bond donors (Lipinski definition) is 2. The maximum atomic E-state index is 12.9. The van der Waals surface area contributed by atoms with Gasteiger partial charge in [0.2, 0.25) is 20.0 Å². The van der Waals surface area contributed by atoms with Crippen molar-refractivity contribution in [3.8, 4) is 0 Å². The molecule has 1 amide bonds. The first-order chi connectivity index (χ1) is 14.0. The van der Waals surface area contributed by atoms with Crippen LogP contribution in [-0.2, 0) is 24.8 Å². The van der Waals surface area contributed by atoms with Crippen molar-refractivity contribution in [2.75, 3.05) is 18.4 Å². The van der Waals surface area contributed by atoms with Crippen molar-refractivity contribution in [3.05, 3.63) is 54.1 Å². The Morgan fingerprint density at radius 2 is 1.43 bits per heavy atom. The van der Waals surface area contributed by atoms with Crippen LogP contribution < -0.4 is 10.5 Å². The summed E-state index contributed by atoms with van der Waals surface area (Å²) in [6, 6.07) is 11.0. The highest BCUT2D eigenvalue weighted by Crippen LogP contribution is 2.22. The summed E-state index contributed by atoms with van der Waals surface area (Å²) in [6.07, 6.45) is -0.400. The number of nitrogens with two attached hydrogens (primary N) is 1. The molecule has 0 aliphatic carbocycles. The third-order valence-electron chi connectivity index (χ3n) is 4.58. The number of anilines is 1. The molecule has 0 aromatic heterocycles. The Bertz CT molecular complexity index is 1120. The van der Waals surface area contributed by atoms with Crippen LogP contribution in [0.25, 0.3) is 0 Å². The van der Waals surface area contributed by atoms with Gasteiger partial charge in [-0.3, -0.25) is 4.79 Å². The molecule has 11 heteroatoms. The molecule has 1 fully saturated rings. The van der Waals surface area contributed by atoms with Crippen LogP contribution in [0.4, 0.5) is 5.69 Å². The van der Waals surface area contributed by atoms with Gasteiger partial charge in [-0.05, 0) is 62.4 Å². The minimum absolute atomic E-state index is 0.0678. The van der Waals surface area contributed by atoms with Gasteiger partial charge in [0, 0.05) is 24.3 Å². The molecule has 2 atom stereocenters. The van der Waals surface area contributed by atoms with Crippen LogP contribution in [0.15, 0.2) is 58.3 Å². The van der Waals surface area contributed by atoms with Gasteiger partial charge >= 0.3 is 0 Å². The highest BCUT2D eigenvalue weighted by molar-refractivity contribution is 7.89. The largest absolute Gasteiger partial charge is 0.373 e. The molecule has 0 saturated carbocycles. The summed E-state index contributed by atoms with van der Waals surface area (Å²) < 4.78 is 55.3. The molecular formula is C19H23N3O6S2. The molecule has 2 unspecified atom stereocenters. The zero-order valence-electron chi connectivity index (χ0n) is 16.5. The molecule has 30 heavy (non-hydrogen) atoms. The molecule has 1 aliphatic heterocycles. The summed E-state index contributed by atoms with van der Waals surface area (Å²) >= 11 is 0. The maximum Gasteiger partial charge on any atom is 0.255 e. The number of morpholine rings is 1. The van der Waals surface area contributed by atoms with Crippen LogP contribution in [-0.4, -0.2) is 52.3 Å². The van der Waals surface area contributed by atoms with Crippen molar-refractivity contribution in [2.24, 2.45) is 5.14 Å². The number of carbonyl (C=O) groups is 1. The normalized spacial score (nSPS) is 20.6. The van der Waals surface area contributed by atoms with Gasteiger partial charge in [0.1, 0.15) is 0 Å². The molecule has 3 N–H and O–H groups in total. The van der Waals surface area contributed by atoms with E-state index in [-0.39, 0.29) is 40.7 Å². The van der Waals surface area contributed by atoms with Gasteiger partial charge in [0.05, 0.1) is 22.0 Å². The second kappa shape index (κ2) is 8.44. The van der Waals surface area contributed by atoms with E-state index in [2.05, 4.69) is 5.32 Å². The summed E-state index contributed by atoms with van der Waals surface area (Å²) in [5.74, 6) is -0.462. The predicted molar refractivity (Wildman–Crippen MR) is 111 cm³/mol. The van der Waals surface area contributed by atoms with E-state index >= 15 is 0 Å². The summed E-state index contributed by atoms with van der Waals surface area (Å²) in [4.78, 5) is 12.4. The number of nitrogens with zero attached hydrogens (tertiary/aromatic N) is 1. The van der Waals surface area contributed by atoms with Crippen molar-refractivity contribution in [3.63, 3.8) is 0 Å². The van der Waals surface area contributed by atoms with Gasteiger partial charge in [0.15, 0.2) is 0 Å². The molecule has 2 aromatic rings. The van der Waals surface area contributed by atoms with Crippen molar-refractivity contribution in [1.29, 1.82) is 0 Å². The number of sulfonamides is 2. The number of nitrogens with one attached hydrogen (secondary N) is 1. The summed E-state index contributed by atoms with van der Waals surface area (Å²) in [5, 5.41) is 7.66. The molecule has 0 spiro atoms. The molecule has 9 nitrogen and oxygen atoms in total. The number of ether oxygens (including phenoxy) is 1. The van der Waals surface area contributed by atoms with E-state index < -0.39 is 26.0 Å². The van der Waals surface area contributed by atoms with Gasteiger partial charge in [0.25, 0.3) is 5.91 Å². The van der Waals surface area contributed by atoms with E-state index in [4.69, 9.17) is 9.88 Å². The Morgan fingerprint density at radius 1 is 0.933 bits per heavy atom. The smallest absolute Gasteiger partial charge is 0.255 e. The van der Waals surface area contributed by atoms with Crippen LogP contribution >= 0.6 is 0 Å².